The van der Waals surface area contributed by atoms with E-state index in [4.69, 9.17) is 24.8 Å². The number of methoxy groups -OCH3 is 2. The van der Waals surface area contributed by atoms with Gasteiger partial charge in [-0.1, -0.05) is 0 Å². The lowest BCUT2D eigenvalue weighted by Gasteiger charge is -2.14. The van der Waals surface area contributed by atoms with Gasteiger partial charge >= 0.3 is 0 Å². The molecule has 0 aliphatic rings. The fraction of sp³-hybridized carbons (Fsp3) is 0.364. The Morgan fingerprint density at radius 2 is 1.79 bits per heavy atom. The predicted molar refractivity (Wildman–Crippen MR) is 70.8 cm³/mol. The summed E-state index contributed by atoms with van der Waals surface area (Å²) in [5.41, 5.74) is 2.30. The molecule has 0 unspecified atom stereocenters. The molecule has 0 aliphatic heterocycles. The van der Waals surface area contributed by atoms with Crippen LogP contribution in [0.2, 0.25) is 0 Å². The van der Waals surface area contributed by atoms with E-state index >= 15 is 0 Å². The molecule has 0 fully saturated rings. The number of benzene rings is 1. The molecule has 0 heterocycles. The van der Waals surface area contributed by atoms with Crippen molar-refractivity contribution in [2.75, 3.05) is 27.8 Å². The van der Waals surface area contributed by atoms with Gasteiger partial charge in [0, 0.05) is 20.3 Å². The van der Waals surface area contributed by atoms with Crippen LogP contribution in [0.5, 0.6) is 11.5 Å². The third-order valence-corrected chi connectivity index (χ3v) is 2.69. The fourth-order valence-corrected chi connectivity index (χ4v) is 1.72. The molecule has 19 heavy (non-hydrogen) atoms. The van der Waals surface area contributed by atoms with Gasteiger partial charge in [0.25, 0.3) is 5.91 Å². The topological polar surface area (TPSA) is 92.0 Å². The molecule has 1 rings (SSSR count). The molecule has 0 aliphatic carbocycles. The van der Waals surface area contributed by atoms with Crippen LogP contribution in [0.15, 0.2) is 16.6 Å². The number of rotatable bonds is 7. The van der Waals surface area contributed by atoms with Crippen molar-refractivity contribution in [2.45, 2.75) is 0 Å². The normalized spacial score (nSPS) is 10.1. The second-order valence-electron chi connectivity index (χ2n) is 3.35. The van der Waals surface area contributed by atoms with Gasteiger partial charge in [0.15, 0.2) is 13.6 Å². The molecular formula is C11H15BrN2O5. The minimum absolute atomic E-state index is 0.00377. The molecule has 0 spiro atoms. The van der Waals surface area contributed by atoms with Crippen molar-refractivity contribution in [3.63, 3.8) is 0 Å². The Balaban J connectivity index is 3.08. The van der Waals surface area contributed by atoms with Crippen molar-refractivity contribution in [2.24, 2.45) is 5.84 Å². The number of hydrogen-bond donors (Lipinski definition) is 2. The average molecular weight is 335 g/mol. The largest absolute Gasteiger partial charge is 0.467 e. The van der Waals surface area contributed by atoms with Gasteiger partial charge in [-0.05, 0) is 22.0 Å². The van der Waals surface area contributed by atoms with E-state index < -0.39 is 5.91 Å². The molecule has 1 aromatic rings. The summed E-state index contributed by atoms with van der Waals surface area (Å²) in [5, 5.41) is 0. The zero-order valence-corrected chi connectivity index (χ0v) is 12.2. The zero-order chi connectivity index (χ0) is 14.3. The quantitative estimate of drug-likeness (QED) is 0.335. The van der Waals surface area contributed by atoms with Gasteiger partial charge < -0.3 is 18.9 Å². The first-order valence-electron chi connectivity index (χ1n) is 5.22. The Morgan fingerprint density at radius 1 is 1.21 bits per heavy atom. The predicted octanol–water partition coefficient (Wildman–Crippen LogP) is 1.02. The van der Waals surface area contributed by atoms with Crippen LogP contribution in [0.3, 0.4) is 0 Å². The van der Waals surface area contributed by atoms with Crippen molar-refractivity contribution in [1.29, 1.82) is 0 Å². The molecule has 0 bridgehead atoms. The van der Waals surface area contributed by atoms with Crippen LogP contribution in [0.1, 0.15) is 10.4 Å². The third-order valence-electron chi connectivity index (χ3n) is 2.07. The third kappa shape index (κ3) is 4.35. The van der Waals surface area contributed by atoms with E-state index in [0.29, 0.717) is 16.0 Å². The second kappa shape index (κ2) is 7.95. The highest BCUT2D eigenvalue weighted by molar-refractivity contribution is 9.10. The summed E-state index contributed by atoms with van der Waals surface area (Å²) in [6.45, 7) is 0.0704. The van der Waals surface area contributed by atoms with Crippen LogP contribution in [-0.4, -0.2) is 33.7 Å². The molecule has 0 radical (unpaired) electrons. The van der Waals surface area contributed by atoms with Gasteiger partial charge in [0.1, 0.15) is 11.5 Å². The maximum Gasteiger partial charge on any atom is 0.268 e. The van der Waals surface area contributed by atoms with E-state index in [9.17, 15) is 4.79 Å². The number of halogens is 1. The molecule has 106 valence electrons. The number of hydrazine groups is 1. The molecular weight excluding hydrogens is 320 g/mol. The lowest BCUT2D eigenvalue weighted by Crippen LogP contribution is -2.30. The first-order valence-corrected chi connectivity index (χ1v) is 6.01. The monoisotopic (exact) mass is 334 g/mol. The van der Waals surface area contributed by atoms with Crippen LogP contribution in [0.25, 0.3) is 0 Å². The van der Waals surface area contributed by atoms with E-state index in [0.717, 1.165) is 0 Å². The molecule has 1 amide bonds. The van der Waals surface area contributed by atoms with Gasteiger partial charge in [-0.15, -0.1) is 0 Å². The smallest absolute Gasteiger partial charge is 0.268 e. The maximum atomic E-state index is 11.6. The van der Waals surface area contributed by atoms with Crippen molar-refractivity contribution in [3.8, 4) is 11.5 Å². The lowest BCUT2D eigenvalue weighted by atomic mass is 10.2. The Hall–Kier alpha value is -1.35. The van der Waals surface area contributed by atoms with E-state index in [1.807, 2.05) is 5.43 Å². The van der Waals surface area contributed by atoms with Gasteiger partial charge in [0.05, 0.1) is 10.0 Å². The van der Waals surface area contributed by atoms with E-state index in [2.05, 4.69) is 15.9 Å². The van der Waals surface area contributed by atoms with Crippen molar-refractivity contribution in [1.82, 2.24) is 5.43 Å². The minimum atomic E-state index is -0.481. The van der Waals surface area contributed by atoms with Crippen LogP contribution in [-0.2, 0) is 9.47 Å². The number of amides is 1. The lowest BCUT2D eigenvalue weighted by molar-refractivity contribution is 0.0451. The van der Waals surface area contributed by atoms with E-state index in [1.54, 1.807) is 6.07 Å². The van der Waals surface area contributed by atoms with Gasteiger partial charge in [0.2, 0.25) is 0 Å². The Labute approximate surface area is 119 Å². The van der Waals surface area contributed by atoms with Crippen LogP contribution in [0, 0.1) is 0 Å². The summed E-state index contributed by atoms with van der Waals surface area (Å²) in [6.07, 6.45) is 0. The standard InChI is InChI=1S/C11H15BrN2O5/c1-16-5-18-9-4-10(19-6-17-2)8(12)3-7(9)11(15)14-13/h3-4H,5-6,13H2,1-2H3,(H,14,15). The number of nitrogen functional groups attached to an aromatic ring is 1. The summed E-state index contributed by atoms with van der Waals surface area (Å²) in [5.74, 6) is 5.40. The summed E-state index contributed by atoms with van der Waals surface area (Å²) in [4.78, 5) is 11.6. The molecule has 7 nitrogen and oxygen atoms in total. The zero-order valence-electron chi connectivity index (χ0n) is 10.6. The van der Waals surface area contributed by atoms with Crippen molar-refractivity contribution in [3.05, 3.63) is 22.2 Å². The minimum Gasteiger partial charge on any atom is -0.467 e. The summed E-state index contributed by atoms with van der Waals surface area (Å²) in [7, 11) is 2.98. The number of hydrogen-bond acceptors (Lipinski definition) is 6. The second-order valence-corrected chi connectivity index (χ2v) is 4.21. The van der Waals surface area contributed by atoms with Gasteiger partial charge in [-0.3, -0.25) is 10.2 Å². The molecule has 0 atom stereocenters. The summed E-state index contributed by atoms with van der Waals surface area (Å²) in [6, 6.07) is 3.09. The number of nitrogens with two attached hydrogens (primary N) is 1. The van der Waals surface area contributed by atoms with Crippen LogP contribution < -0.4 is 20.7 Å². The van der Waals surface area contributed by atoms with E-state index in [1.165, 1.54) is 20.3 Å². The highest BCUT2D eigenvalue weighted by Gasteiger charge is 2.16. The van der Waals surface area contributed by atoms with Gasteiger partial charge in [-0.2, -0.15) is 0 Å². The molecule has 1 aromatic carbocycles. The first-order chi connectivity index (χ1) is 9.13. The summed E-state index contributed by atoms with van der Waals surface area (Å²) < 4.78 is 20.8. The molecule has 0 saturated heterocycles. The number of carbonyl (C=O) groups is 1. The molecule has 0 saturated carbocycles. The van der Waals surface area contributed by atoms with Crippen molar-refractivity contribution < 1.29 is 23.7 Å². The number of carbonyl (C=O) groups excluding carboxylic acids is 1. The SMILES string of the molecule is COCOc1cc(OCOC)c(C(=O)NN)cc1Br. The molecule has 0 aromatic heterocycles. The fourth-order valence-electron chi connectivity index (χ4n) is 1.26. The van der Waals surface area contributed by atoms with Gasteiger partial charge in [-0.25, -0.2) is 5.84 Å². The molecule has 3 N–H and O–H groups in total. The van der Waals surface area contributed by atoms with Crippen LogP contribution >= 0.6 is 15.9 Å². The van der Waals surface area contributed by atoms with Crippen LogP contribution in [0.4, 0.5) is 0 Å². The molecule has 8 heteroatoms. The Morgan fingerprint density at radius 3 is 2.32 bits per heavy atom. The average Bonchev–Trinajstić information content (AvgIpc) is 2.43. The first kappa shape index (κ1) is 15.7. The number of nitrogens with one attached hydrogen (secondary N) is 1. The number of ether oxygens (including phenoxy) is 4. The highest BCUT2D eigenvalue weighted by Crippen LogP contribution is 2.33. The maximum absolute atomic E-state index is 11.6. The van der Waals surface area contributed by atoms with Crippen molar-refractivity contribution >= 4 is 21.8 Å². The Kier molecular flexibility index (Phi) is 6.57. The summed E-state index contributed by atoms with van der Waals surface area (Å²) >= 11 is 3.29. The van der Waals surface area contributed by atoms with E-state index in [-0.39, 0.29) is 19.1 Å². The highest BCUT2D eigenvalue weighted by atomic mass is 79.9. The Bertz CT molecular complexity index is 441.